The number of hydrogen-bond donors (Lipinski definition) is 1. The summed E-state index contributed by atoms with van der Waals surface area (Å²) in [6.07, 6.45) is 5.15. The van der Waals surface area contributed by atoms with E-state index in [0.717, 1.165) is 29.6 Å². The molecule has 0 bridgehead atoms. The number of aromatic nitrogens is 2. The van der Waals surface area contributed by atoms with Crippen molar-refractivity contribution in [3.63, 3.8) is 0 Å². The Hall–Kier alpha value is -1.13. The molecule has 1 aliphatic rings. The Morgan fingerprint density at radius 2 is 2.33 bits per heavy atom. The van der Waals surface area contributed by atoms with Gasteiger partial charge in [-0.1, -0.05) is 0 Å². The van der Waals surface area contributed by atoms with E-state index in [2.05, 4.69) is 38.5 Å². The quantitative estimate of drug-likeness (QED) is 0.878. The Bertz CT molecular complexity index is 589. The second-order valence-corrected chi connectivity index (χ2v) is 5.69. The van der Waals surface area contributed by atoms with Crippen LogP contribution >= 0.6 is 15.9 Å². The summed E-state index contributed by atoms with van der Waals surface area (Å²) in [7, 11) is 0. The second kappa shape index (κ2) is 4.52. The number of halogens is 1. The largest absolute Gasteiger partial charge is 0.324 e. The first kappa shape index (κ1) is 11.9. The van der Waals surface area contributed by atoms with Crippen LogP contribution in [-0.2, 0) is 6.42 Å². The molecule has 18 heavy (non-hydrogen) atoms. The lowest BCUT2D eigenvalue weighted by Gasteiger charge is -2.21. The van der Waals surface area contributed by atoms with Gasteiger partial charge in [-0.05, 0) is 65.9 Å². The predicted molar refractivity (Wildman–Crippen MR) is 75.9 cm³/mol. The van der Waals surface area contributed by atoms with E-state index in [1.54, 1.807) is 0 Å². The van der Waals surface area contributed by atoms with Crippen LogP contribution in [0.25, 0.3) is 5.82 Å². The minimum Gasteiger partial charge on any atom is -0.324 e. The Kier molecular flexibility index (Phi) is 2.99. The van der Waals surface area contributed by atoms with E-state index in [0.29, 0.717) is 0 Å². The molecule has 2 aromatic rings. The summed E-state index contributed by atoms with van der Waals surface area (Å²) < 4.78 is 3.25. The van der Waals surface area contributed by atoms with E-state index >= 15 is 0 Å². The first-order chi connectivity index (χ1) is 8.68. The zero-order valence-corrected chi connectivity index (χ0v) is 11.9. The zero-order valence-electron chi connectivity index (χ0n) is 10.4. The topological polar surface area (TPSA) is 43.8 Å². The van der Waals surface area contributed by atoms with Crippen LogP contribution in [0.5, 0.6) is 0 Å². The number of hydrogen-bond acceptors (Lipinski definition) is 2. The van der Waals surface area contributed by atoms with Crippen LogP contribution in [-0.4, -0.2) is 9.55 Å². The molecule has 2 N–H and O–H groups in total. The standard InChI is InChI=1S/C14H16BrN3/c1-9-8-10-12(16)5-2-6-13(10)18(9)14-11(15)4-3-7-17-14/h3-4,7-8,12H,2,5-6,16H2,1H3. The molecule has 0 amide bonds. The van der Waals surface area contributed by atoms with Gasteiger partial charge in [0.05, 0.1) is 4.47 Å². The van der Waals surface area contributed by atoms with E-state index in [4.69, 9.17) is 5.73 Å². The fraction of sp³-hybridized carbons (Fsp3) is 0.357. The van der Waals surface area contributed by atoms with Gasteiger partial charge in [-0.15, -0.1) is 0 Å². The van der Waals surface area contributed by atoms with E-state index in [-0.39, 0.29) is 6.04 Å². The lowest BCUT2D eigenvalue weighted by atomic mass is 9.93. The summed E-state index contributed by atoms with van der Waals surface area (Å²) >= 11 is 3.58. The zero-order chi connectivity index (χ0) is 12.7. The minimum atomic E-state index is 0.177. The molecule has 0 radical (unpaired) electrons. The average Bonchev–Trinajstić information content (AvgIpc) is 2.68. The van der Waals surface area contributed by atoms with Crippen LogP contribution in [0.4, 0.5) is 0 Å². The van der Waals surface area contributed by atoms with Gasteiger partial charge in [0, 0.05) is 23.6 Å². The van der Waals surface area contributed by atoms with Gasteiger partial charge in [-0.3, -0.25) is 0 Å². The molecule has 4 heteroatoms. The molecule has 0 spiro atoms. The summed E-state index contributed by atoms with van der Waals surface area (Å²) in [5, 5.41) is 0. The predicted octanol–water partition coefficient (Wildman–Crippen LogP) is 3.28. The van der Waals surface area contributed by atoms with Crippen LogP contribution in [0.15, 0.2) is 28.9 Å². The van der Waals surface area contributed by atoms with Crippen LogP contribution in [0.1, 0.15) is 35.8 Å². The normalized spacial score (nSPS) is 18.7. The van der Waals surface area contributed by atoms with E-state index < -0.39 is 0 Å². The molecule has 2 heterocycles. The van der Waals surface area contributed by atoms with Gasteiger partial charge in [0.25, 0.3) is 0 Å². The van der Waals surface area contributed by atoms with Crippen LogP contribution in [0, 0.1) is 6.92 Å². The van der Waals surface area contributed by atoms with E-state index in [1.165, 1.54) is 17.0 Å². The molecule has 2 aromatic heterocycles. The summed E-state index contributed by atoms with van der Waals surface area (Å²) in [6.45, 7) is 2.12. The number of nitrogens with zero attached hydrogens (tertiary/aromatic N) is 2. The SMILES string of the molecule is Cc1cc2c(n1-c1ncccc1Br)CCCC2N. The average molecular weight is 306 g/mol. The summed E-state index contributed by atoms with van der Waals surface area (Å²) in [4.78, 5) is 4.49. The molecule has 94 valence electrons. The monoisotopic (exact) mass is 305 g/mol. The van der Waals surface area contributed by atoms with Gasteiger partial charge >= 0.3 is 0 Å². The van der Waals surface area contributed by atoms with Crippen molar-refractivity contribution in [3.05, 3.63) is 45.8 Å². The lowest BCUT2D eigenvalue weighted by molar-refractivity contribution is 0.559. The van der Waals surface area contributed by atoms with Crippen molar-refractivity contribution in [2.24, 2.45) is 5.73 Å². The highest BCUT2D eigenvalue weighted by Crippen LogP contribution is 2.33. The van der Waals surface area contributed by atoms with Gasteiger partial charge < -0.3 is 10.3 Å². The molecule has 0 fully saturated rings. The third kappa shape index (κ3) is 1.80. The summed E-state index contributed by atoms with van der Waals surface area (Å²) in [5.41, 5.74) is 10.0. The van der Waals surface area contributed by atoms with Crippen molar-refractivity contribution >= 4 is 15.9 Å². The number of pyridine rings is 1. The highest BCUT2D eigenvalue weighted by molar-refractivity contribution is 9.10. The first-order valence-corrected chi connectivity index (χ1v) is 7.05. The summed E-state index contributed by atoms with van der Waals surface area (Å²) in [6, 6.07) is 6.35. The van der Waals surface area contributed by atoms with Gasteiger partial charge in [0.2, 0.25) is 0 Å². The van der Waals surface area contributed by atoms with Crippen molar-refractivity contribution in [2.75, 3.05) is 0 Å². The number of nitrogens with two attached hydrogens (primary N) is 1. The molecule has 0 aliphatic heterocycles. The summed E-state index contributed by atoms with van der Waals surface area (Å²) in [5.74, 6) is 0.963. The molecule has 0 aromatic carbocycles. The Morgan fingerprint density at radius 3 is 3.11 bits per heavy atom. The van der Waals surface area contributed by atoms with Crippen molar-refractivity contribution < 1.29 is 0 Å². The third-order valence-corrected chi connectivity index (χ3v) is 4.22. The van der Waals surface area contributed by atoms with Gasteiger partial charge in [-0.25, -0.2) is 4.98 Å². The molecule has 1 atom stereocenters. The van der Waals surface area contributed by atoms with Crippen LogP contribution < -0.4 is 5.73 Å². The maximum Gasteiger partial charge on any atom is 0.151 e. The second-order valence-electron chi connectivity index (χ2n) is 4.83. The maximum absolute atomic E-state index is 6.20. The minimum absolute atomic E-state index is 0.177. The van der Waals surface area contributed by atoms with E-state index in [9.17, 15) is 0 Å². The Balaban J connectivity index is 2.22. The van der Waals surface area contributed by atoms with Crippen LogP contribution in [0.3, 0.4) is 0 Å². The first-order valence-electron chi connectivity index (χ1n) is 6.26. The van der Waals surface area contributed by atoms with Gasteiger partial charge in [0.1, 0.15) is 0 Å². The van der Waals surface area contributed by atoms with Crippen molar-refractivity contribution in [2.45, 2.75) is 32.2 Å². The third-order valence-electron chi connectivity index (χ3n) is 3.60. The Labute approximate surface area is 115 Å². The van der Waals surface area contributed by atoms with Crippen molar-refractivity contribution in [3.8, 4) is 5.82 Å². The fourth-order valence-electron chi connectivity index (χ4n) is 2.77. The number of rotatable bonds is 1. The molecule has 1 aliphatic carbocycles. The maximum atomic E-state index is 6.20. The van der Waals surface area contributed by atoms with Gasteiger partial charge in [-0.2, -0.15) is 0 Å². The molecule has 0 saturated heterocycles. The highest BCUT2D eigenvalue weighted by atomic mass is 79.9. The van der Waals surface area contributed by atoms with Gasteiger partial charge in [0.15, 0.2) is 5.82 Å². The molecule has 3 nitrogen and oxygen atoms in total. The highest BCUT2D eigenvalue weighted by Gasteiger charge is 2.23. The van der Waals surface area contributed by atoms with Crippen molar-refractivity contribution in [1.82, 2.24) is 9.55 Å². The molecule has 3 rings (SSSR count). The number of fused-ring (bicyclic) bond motifs is 1. The van der Waals surface area contributed by atoms with Crippen molar-refractivity contribution in [1.29, 1.82) is 0 Å². The lowest BCUT2D eigenvalue weighted by Crippen LogP contribution is -2.18. The molecule has 1 unspecified atom stereocenters. The fourth-order valence-corrected chi connectivity index (χ4v) is 3.21. The molecule has 0 saturated carbocycles. The smallest absolute Gasteiger partial charge is 0.151 e. The van der Waals surface area contributed by atoms with E-state index in [1.807, 2.05) is 18.3 Å². The Morgan fingerprint density at radius 1 is 1.50 bits per heavy atom. The van der Waals surface area contributed by atoms with Crippen LogP contribution in [0.2, 0.25) is 0 Å². The molecular formula is C14H16BrN3. The molecular weight excluding hydrogens is 290 g/mol. The number of aryl methyl sites for hydroxylation is 1.